The van der Waals surface area contributed by atoms with Crippen molar-refractivity contribution in [2.45, 2.75) is 38.3 Å². The highest BCUT2D eigenvalue weighted by Gasteiger charge is 2.23. The van der Waals surface area contributed by atoms with E-state index in [9.17, 15) is 5.11 Å². The molecule has 5 heteroatoms. The standard InChI is InChI=1S/C15H21N3OS/c19-8-6-13-4-1-2-7-18(13)11-12-10-16-17-15(12)14-5-3-9-20-14/h3,5,9-10,13,19H,1-2,4,6-8,11H2,(H,16,17)/t13-/m0/s1. The maximum absolute atomic E-state index is 9.22. The van der Waals surface area contributed by atoms with Gasteiger partial charge in [-0.25, -0.2) is 0 Å². The average molecular weight is 291 g/mol. The maximum atomic E-state index is 9.22. The largest absolute Gasteiger partial charge is 0.396 e. The quantitative estimate of drug-likeness (QED) is 0.890. The van der Waals surface area contributed by atoms with E-state index < -0.39 is 0 Å². The zero-order valence-corrected chi connectivity index (χ0v) is 12.4. The molecule has 3 heterocycles. The first-order valence-corrected chi connectivity index (χ1v) is 8.17. The van der Waals surface area contributed by atoms with Crippen molar-refractivity contribution in [2.24, 2.45) is 0 Å². The molecule has 0 aliphatic carbocycles. The minimum Gasteiger partial charge on any atom is -0.396 e. The average Bonchev–Trinajstić information content (AvgIpc) is 3.11. The second-order valence-electron chi connectivity index (χ2n) is 5.38. The van der Waals surface area contributed by atoms with Crippen LogP contribution in [0.15, 0.2) is 23.7 Å². The van der Waals surface area contributed by atoms with Crippen LogP contribution in [0.3, 0.4) is 0 Å². The predicted octanol–water partition coefficient (Wildman–Crippen LogP) is 2.88. The molecule has 1 aliphatic rings. The molecule has 108 valence electrons. The molecule has 0 aromatic carbocycles. The van der Waals surface area contributed by atoms with Gasteiger partial charge >= 0.3 is 0 Å². The van der Waals surface area contributed by atoms with Gasteiger partial charge in [-0.15, -0.1) is 11.3 Å². The Morgan fingerprint density at radius 1 is 1.45 bits per heavy atom. The highest BCUT2D eigenvalue weighted by Crippen LogP contribution is 2.28. The topological polar surface area (TPSA) is 52.1 Å². The smallest absolute Gasteiger partial charge is 0.0794 e. The van der Waals surface area contributed by atoms with E-state index in [-0.39, 0.29) is 6.61 Å². The summed E-state index contributed by atoms with van der Waals surface area (Å²) in [6.07, 6.45) is 6.57. The molecule has 1 fully saturated rings. The van der Waals surface area contributed by atoms with E-state index in [4.69, 9.17) is 0 Å². The molecule has 3 rings (SSSR count). The molecule has 1 aliphatic heterocycles. The molecule has 2 aromatic heterocycles. The fourth-order valence-corrected chi connectivity index (χ4v) is 3.78. The molecule has 0 radical (unpaired) electrons. The van der Waals surface area contributed by atoms with Gasteiger partial charge < -0.3 is 5.11 Å². The third-order valence-electron chi connectivity index (χ3n) is 4.07. The molecule has 2 N–H and O–H groups in total. The molecule has 0 amide bonds. The fraction of sp³-hybridized carbons (Fsp3) is 0.533. The van der Waals surface area contributed by atoms with Crippen molar-refractivity contribution in [3.63, 3.8) is 0 Å². The second kappa shape index (κ2) is 6.52. The molecule has 0 unspecified atom stereocenters. The highest BCUT2D eigenvalue weighted by atomic mass is 32.1. The van der Waals surface area contributed by atoms with Gasteiger partial charge in [0.15, 0.2) is 0 Å². The van der Waals surface area contributed by atoms with Crippen molar-refractivity contribution >= 4 is 11.3 Å². The number of H-pyrrole nitrogens is 1. The number of rotatable bonds is 5. The van der Waals surface area contributed by atoms with Gasteiger partial charge in [0.25, 0.3) is 0 Å². The lowest BCUT2D eigenvalue weighted by Gasteiger charge is -2.35. The molecule has 0 saturated carbocycles. The minimum atomic E-state index is 0.282. The van der Waals surface area contributed by atoms with Crippen LogP contribution < -0.4 is 0 Å². The maximum Gasteiger partial charge on any atom is 0.0794 e. The number of piperidine rings is 1. The molecule has 1 saturated heterocycles. The van der Waals surface area contributed by atoms with Crippen molar-refractivity contribution < 1.29 is 5.11 Å². The van der Waals surface area contributed by atoms with Gasteiger partial charge in [0, 0.05) is 24.8 Å². The van der Waals surface area contributed by atoms with E-state index in [1.54, 1.807) is 11.3 Å². The monoisotopic (exact) mass is 291 g/mol. The molecule has 0 bridgehead atoms. The van der Waals surface area contributed by atoms with Crippen molar-refractivity contribution in [2.75, 3.05) is 13.2 Å². The number of likely N-dealkylation sites (tertiary alicyclic amines) is 1. The van der Waals surface area contributed by atoms with Crippen LogP contribution in [-0.4, -0.2) is 39.4 Å². The summed E-state index contributed by atoms with van der Waals surface area (Å²) >= 11 is 1.74. The number of aromatic nitrogens is 2. The Hall–Kier alpha value is -1.17. The van der Waals surface area contributed by atoms with Gasteiger partial charge in [0.05, 0.1) is 16.8 Å². The van der Waals surface area contributed by atoms with Gasteiger partial charge in [0.1, 0.15) is 0 Å². The Bertz CT molecular complexity index is 521. The second-order valence-corrected chi connectivity index (χ2v) is 6.33. The molecule has 20 heavy (non-hydrogen) atoms. The van der Waals surface area contributed by atoms with Crippen molar-refractivity contribution in [3.05, 3.63) is 29.3 Å². The first-order chi connectivity index (χ1) is 9.88. The Morgan fingerprint density at radius 2 is 2.40 bits per heavy atom. The number of aromatic amines is 1. The van der Waals surface area contributed by atoms with Gasteiger partial charge in [-0.2, -0.15) is 5.10 Å². The van der Waals surface area contributed by atoms with Crippen LogP contribution in [0.4, 0.5) is 0 Å². The van der Waals surface area contributed by atoms with Crippen LogP contribution in [0.1, 0.15) is 31.2 Å². The third-order valence-corrected chi connectivity index (χ3v) is 4.96. The van der Waals surface area contributed by atoms with E-state index in [0.29, 0.717) is 6.04 Å². The van der Waals surface area contributed by atoms with Gasteiger partial charge in [-0.1, -0.05) is 12.5 Å². The highest BCUT2D eigenvalue weighted by molar-refractivity contribution is 7.13. The zero-order chi connectivity index (χ0) is 13.8. The van der Waals surface area contributed by atoms with Crippen molar-refractivity contribution in [3.8, 4) is 10.6 Å². The minimum absolute atomic E-state index is 0.282. The number of hydrogen-bond donors (Lipinski definition) is 2. The molecule has 4 nitrogen and oxygen atoms in total. The van der Waals surface area contributed by atoms with E-state index in [1.807, 2.05) is 6.20 Å². The summed E-state index contributed by atoms with van der Waals surface area (Å²) in [5.41, 5.74) is 2.41. The number of aliphatic hydroxyl groups is 1. The lowest BCUT2D eigenvalue weighted by Crippen LogP contribution is -2.39. The van der Waals surface area contributed by atoms with Crippen LogP contribution in [-0.2, 0) is 6.54 Å². The van der Waals surface area contributed by atoms with Crippen molar-refractivity contribution in [1.29, 1.82) is 0 Å². The van der Waals surface area contributed by atoms with Crippen LogP contribution in [0.2, 0.25) is 0 Å². The number of nitrogens with zero attached hydrogens (tertiary/aromatic N) is 2. The van der Waals surface area contributed by atoms with Crippen LogP contribution in [0.25, 0.3) is 10.6 Å². The Balaban J connectivity index is 1.75. The lowest BCUT2D eigenvalue weighted by atomic mass is 9.99. The summed E-state index contributed by atoms with van der Waals surface area (Å²) < 4.78 is 0. The van der Waals surface area contributed by atoms with Gasteiger partial charge in [-0.05, 0) is 37.3 Å². The van der Waals surface area contributed by atoms with E-state index in [2.05, 4.69) is 32.6 Å². The Morgan fingerprint density at radius 3 is 3.20 bits per heavy atom. The lowest BCUT2D eigenvalue weighted by molar-refractivity contribution is 0.112. The molecule has 0 spiro atoms. The molecule has 2 aromatic rings. The summed E-state index contributed by atoms with van der Waals surface area (Å²) in [6, 6.07) is 4.71. The summed E-state index contributed by atoms with van der Waals surface area (Å²) in [5, 5.41) is 18.7. The first-order valence-electron chi connectivity index (χ1n) is 7.29. The van der Waals surface area contributed by atoms with Crippen LogP contribution >= 0.6 is 11.3 Å². The van der Waals surface area contributed by atoms with E-state index in [0.717, 1.165) is 25.2 Å². The SMILES string of the molecule is OCC[C@@H]1CCCCN1Cc1cn[nH]c1-c1cccs1. The summed E-state index contributed by atoms with van der Waals surface area (Å²) in [4.78, 5) is 3.75. The zero-order valence-electron chi connectivity index (χ0n) is 11.6. The summed E-state index contributed by atoms with van der Waals surface area (Å²) in [6.45, 7) is 2.33. The predicted molar refractivity (Wildman–Crippen MR) is 81.7 cm³/mol. The third kappa shape index (κ3) is 2.95. The molecular weight excluding hydrogens is 270 g/mol. The summed E-state index contributed by atoms with van der Waals surface area (Å²) in [5.74, 6) is 0. The van der Waals surface area contributed by atoms with Crippen LogP contribution in [0.5, 0.6) is 0 Å². The van der Waals surface area contributed by atoms with Crippen LogP contribution in [0, 0.1) is 0 Å². The van der Waals surface area contributed by atoms with E-state index >= 15 is 0 Å². The Kier molecular flexibility index (Phi) is 4.50. The van der Waals surface area contributed by atoms with Gasteiger partial charge in [-0.3, -0.25) is 10.00 Å². The Labute approximate surface area is 123 Å². The van der Waals surface area contributed by atoms with E-state index in [1.165, 1.54) is 29.7 Å². The normalized spacial score (nSPS) is 20.4. The first kappa shape index (κ1) is 13.8. The number of aliphatic hydroxyl groups excluding tert-OH is 1. The number of nitrogens with one attached hydrogen (secondary N) is 1. The molecular formula is C15H21N3OS. The number of hydrogen-bond acceptors (Lipinski definition) is 4. The molecule has 1 atom stereocenters. The van der Waals surface area contributed by atoms with Crippen molar-refractivity contribution in [1.82, 2.24) is 15.1 Å². The fourth-order valence-electron chi connectivity index (χ4n) is 3.03. The number of thiophene rings is 1. The van der Waals surface area contributed by atoms with Gasteiger partial charge in [0.2, 0.25) is 0 Å². The summed E-state index contributed by atoms with van der Waals surface area (Å²) in [7, 11) is 0.